The number of carbonyl (C=O) groups excluding carboxylic acids is 1. The van der Waals surface area contributed by atoms with Crippen LogP contribution in [0.2, 0.25) is 0 Å². The minimum atomic E-state index is 0.0936. The first-order chi connectivity index (χ1) is 9.51. The SMILES string of the molecule is [B]N1CC(N)CC1C(=C)N1CC(N2CC2=O)CC1C=C. The summed E-state index contributed by atoms with van der Waals surface area (Å²) < 4.78 is 0. The van der Waals surface area contributed by atoms with Crippen molar-refractivity contribution < 1.29 is 4.79 Å². The second-order valence-corrected chi connectivity index (χ2v) is 6.07. The molecule has 0 bridgehead atoms. The van der Waals surface area contributed by atoms with Crippen molar-refractivity contribution in [3.05, 3.63) is 24.9 Å². The molecule has 3 rings (SSSR count). The number of hydrogen-bond donors (Lipinski definition) is 1. The Bertz CT molecular complexity index is 454. The fourth-order valence-corrected chi connectivity index (χ4v) is 3.48. The van der Waals surface area contributed by atoms with Crippen LogP contribution in [0, 0.1) is 0 Å². The number of likely N-dealkylation sites (tertiary alicyclic amines) is 1. The van der Waals surface area contributed by atoms with Crippen LogP contribution in [-0.2, 0) is 4.79 Å². The molecule has 5 nitrogen and oxygen atoms in total. The standard InChI is InChI=1S/C14H21BN4O/c1-3-11-5-12(18-8-14(18)20)7-17(11)9(2)13-4-10(16)6-19(13)15/h3,10-13H,1-2,4-8,16H2. The summed E-state index contributed by atoms with van der Waals surface area (Å²) in [5.74, 6) is 0.244. The van der Waals surface area contributed by atoms with E-state index in [1.54, 1.807) is 4.81 Å². The van der Waals surface area contributed by atoms with Crippen LogP contribution >= 0.6 is 0 Å². The topological polar surface area (TPSA) is 52.6 Å². The second-order valence-electron chi connectivity index (χ2n) is 6.07. The van der Waals surface area contributed by atoms with Crippen LogP contribution in [0.1, 0.15) is 12.8 Å². The van der Waals surface area contributed by atoms with Crippen LogP contribution in [0.25, 0.3) is 0 Å². The molecular weight excluding hydrogens is 251 g/mol. The molecule has 0 aromatic carbocycles. The summed E-state index contributed by atoms with van der Waals surface area (Å²) in [7, 11) is 6.03. The highest BCUT2D eigenvalue weighted by Crippen LogP contribution is 2.33. The van der Waals surface area contributed by atoms with E-state index in [2.05, 4.69) is 18.1 Å². The Morgan fingerprint density at radius 3 is 2.60 bits per heavy atom. The van der Waals surface area contributed by atoms with Gasteiger partial charge in [-0.3, -0.25) is 4.79 Å². The lowest BCUT2D eigenvalue weighted by Gasteiger charge is -2.33. The van der Waals surface area contributed by atoms with Crippen molar-refractivity contribution in [3.8, 4) is 0 Å². The molecule has 4 atom stereocenters. The van der Waals surface area contributed by atoms with Gasteiger partial charge >= 0.3 is 0 Å². The van der Waals surface area contributed by atoms with Crippen LogP contribution in [-0.4, -0.2) is 72.3 Å². The van der Waals surface area contributed by atoms with Crippen LogP contribution in [0.4, 0.5) is 0 Å². The van der Waals surface area contributed by atoms with Gasteiger partial charge in [-0.15, -0.1) is 6.58 Å². The molecule has 2 N–H and O–H groups in total. The Morgan fingerprint density at radius 1 is 1.40 bits per heavy atom. The molecule has 4 unspecified atom stereocenters. The zero-order valence-corrected chi connectivity index (χ0v) is 11.7. The molecule has 0 saturated carbocycles. The molecule has 20 heavy (non-hydrogen) atoms. The average molecular weight is 272 g/mol. The van der Waals surface area contributed by atoms with E-state index in [0.717, 1.165) is 25.1 Å². The zero-order chi connectivity index (χ0) is 14.4. The van der Waals surface area contributed by atoms with Gasteiger partial charge in [-0.1, -0.05) is 12.7 Å². The monoisotopic (exact) mass is 272 g/mol. The van der Waals surface area contributed by atoms with Crippen molar-refractivity contribution >= 4 is 13.9 Å². The lowest BCUT2D eigenvalue weighted by Crippen LogP contribution is -2.39. The Kier molecular flexibility index (Phi) is 3.38. The number of rotatable bonds is 4. The highest BCUT2D eigenvalue weighted by Gasteiger charge is 2.44. The van der Waals surface area contributed by atoms with E-state index >= 15 is 0 Å². The maximum Gasteiger partial charge on any atom is 0.242 e. The van der Waals surface area contributed by atoms with E-state index in [1.807, 2.05) is 11.0 Å². The van der Waals surface area contributed by atoms with E-state index in [9.17, 15) is 4.79 Å². The van der Waals surface area contributed by atoms with Crippen molar-refractivity contribution in [2.75, 3.05) is 19.6 Å². The highest BCUT2D eigenvalue weighted by molar-refractivity contribution is 6.05. The van der Waals surface area contributed by atoms with Crippen molar-refractivity contribution in [2.24, 2.45) is 5.73 Å². The summed E-state index contributed by atoms with van der Waals surface area (Å²) in [5.41, 5.74) is 6.97. The van der Waals surface area contributed by atoms with Gasteiger partial charge in [0.15, 0.2) is 7.98 Å². The van der Waals surface area contributed by atoms with Gasteiger partial charge < -0.3 is 20.3 Å². The molecule has 0 aromatic heterocycles. The zero-order valence-electron chi connectivity index (χ0n) is 11.7. The fraction of sp³-hybridized carbons (Fsp3) is 0.643. The van der Waals surface area contributed by atoms with Gasteiger partial charge in [0.1, 0.15) is 6.54 Å². The van der Waals surface area contributed by atoms with E-state index in [4.69, 9.17) is 13.7 Å². The average Bonchev–Trinajstić information content (AvgIpc) is 2.86. The van der Waals surface area contributed by atoms with Gasteiger partial charge in [-0.05, 0) is 12.8 Å². The Balaban J connectivity index is 1.70. The van der Waals surface area contributed by atoms with Gasteiger partial charge in [-0.25, -0.2) is 0 Å². The number of hydrogen-bond acceptors (Lipinski definition) is 4. The third kappa shape index (κ3) is 2.27. The summed E-state index contributed by atoms with van der Waals surface area (Å²) in [4.78, 5) is 17.3. The molecule has 0 aromatic rings. The Labute approximate surface area is 121 Å². The molecule has 3 fully saturated rings. The normalized spacial score (nSPS) is 37.5. The molecule has 0 aliphatic carbocycles. The number of carbonyl (C=O) groups is 1. The molecule has 3 saturated heterocycles. The van der Waals surface area contributed by atoms with E-state index in [-0.39, 0.29) is 30.1 Å². The van der Waals surface area contributed by atoms with E-state index in [1.165, 1.54) is 0 Å². The molecule has 3 aliphatic rings. The van der Waals surface area contributed by atoms with E-state index in [0.29, 0.717) is 13.1 Å². The van der Waals surface area contributed by atoms with Crippen molar-refractivity contribution in [3.63, 3.8) is 0 Å². The maximum absolute atomic E-state index is 11.3. The van der Waals surface area contributed by atoms with E-state index < -0.39 is 0 Å². The first kappa shape index (κ1) is 13.7. The number of amides is 1. The second kappa shape index (κ2) is 4.93. The molecule has 6 heteroatoms. The third-order valence-corrected chi connectivity index (χ3v) is 4.68. The molecule has 3 aliphatic heterocycles. The van der Waals surface area contributed by atoms with Crippen molar-refractivity contribution in [2.45, 2.75) is 37.0 Å². The summed E-state index contributed by atoms with van der Waals surface area (Å²) in [6.45, 7) is 10.3. The van der Waals surface area contributed by atoms with Crippen molar-refractivity contribution in [1.29, 1.82) is 0 Å². The summed E-state index contributed by atoms with van der Waals surface area (Å²) in [6, 6.07) is 0.710. The minimum absolute atomic E-state index is 0.0936. The lowest BCUT2D eigenvalue weighted by atomic mass is 10.1. The van der Waals surface area contributed by atoms with Crippen LogP contribution in [0.3, 0.4) is 0 Å². The Morgan fingerprint density at radius 2 is 2.10 bits per heavy atom. The largest absolute Gasteiger partial charge is 0.365 e. The lowest BCUT2D eigenvalue weighted by molar-refractivity contribution is -0.114. The first-order valence-corrected chi connectivity index (χ1v) is 7.15. The van der Waals surface area contributed by atoms with Gasteiger partial charge in [0, 0.05) is 36.9 Å². The van der Waals surface area contributed by atoms with Crippen LogP contribution in [0.5, 0.6) is 0 Å². The quantitative estimate of drug-likeness (QED) is 0.424. The molecule has 0 spiro atoms. The molecule has 2 radical (unpaired) electrons. The summed E-state index contributed by atoms with van der Waals surface area (Å²) in [5, 5.41) is 0. The fourth-order valence-electron chi connectivity index (χ4n) is 3.48. The molecule has 1 amide bonds. The van der Waals surface area contributed by atoms with Gasteiger partial charge in [0.05, 0.1) is 6.04 Å². The third-order valence-electron chi connectivity index (χ3n) is 4.68. The maximum atomic E-state index is 11.3. The predicted molar refractivity (Wildman–Crippen MR) is 78.8 cm³/mol. The molecule has 3 heterocycles. The highest BCUT2D eigenvalue weighted by atomic mass is 16.2. The van der Waals surface area contributed by atoms with Crippen LogP contribution in [0.15, 0.2) is 24.9 Å². The molecular formula is C14H21BN4O. The minimum Gasteiger partial charge on any atom is -0.365 e. The first-order valence-electron chi connectivity index (χ1n) is 7.15. The van der Waals surface area contributed by atoms with Gasteiger partial charge in [-0.2, -0.15) is 0 Å². The van der Waals surface area contributed by atoms with Gasteiger partial charge in [0.2, 0.25) is 5.91 Å². The van der Waals surface area contributed by atoms with Crippen LogP contribution < -0.4 is 5.73 Å². The molecule has 106 valence electrons. The smallest absolute Gasteiger partial charge is 0.242 e. The Hall–Kier alpha value is -1.27. The van der Waals surface area contributed by atoms with Gasteiger partial charge in [0.25, 0.3) is 0 Å². The van der Waals surface area contributed by atoms with Crippen molar-refractivity contribution in [1.82, 2.24) is 14.6 Å². The summed E-state index contributed by atoms with van der Waals surface area (Å²) in [6.07, 6.45) is 3.70. The predicted octanol–water partition coefficient (Wildman–Crippen LogP) is -0.544. The number of nitrogens with zero attached hydrogens (tertiary/aromatic N) is 3. The summed E-state index contributed by atoms with van der Waals surface area (Å²) >= 11 is 0. The number of nitrogens with two attached hydrogens (primary N) is 1.